The minimum absolute atomic E-state index is 0.00923. The van der Waals surface area contributed by atoms with Crippen molar-refractivity contribution in [1.82, 2.24) is 9.21 Å². The second kappa shape index (κ2) is 7.57. The van der Waals surface area contributed by atoms with Gasteiger partial charge in [-0.2, -0.15) is 4.31 Å². The highest BCUT2D eigenvalue weighted by atomic mass is 32.2. The van der Waals surface area contributed by atoms with E-state index in [4.69, 9.17) is 9.52 Å². The number of hydrogen-bond acceptors (Lipinski definition) is 5. The fraction of sp³-hybridized carbons (Fsp3) is 0.625. The summed E-state index contributed by atoms with van der Waals surface area (Å²) in [6.45, 7) is 4.76. The summed E-state index contributed by atoms with van der Waals surface area (Å²) in [6.07, 6.45) is 2.66. The molecule has 2 heterocycles. The van der Waals surface area contributed by atoms with E-state index >= 15 is 0 Å². The van der Waals surface area contributed by atoms with Crippen molar-refractivity contribution in [3.8, 4) is 0 Å². The predicted octanol–water partition coefficient (Wildman–Crippen LogP) is 1.43. The first-order valence-corrected chi connectivity index (χ1v) is 10.2. The molecule has 9 heteroatoms. The fourth-order valence-electron chi connectivity index (χ4n) is 3.25. The van der Waals surface area contributed by atoms with Crippen molar-refractivity contribution < 1.29 is 27.5 Å². The quantitative estimate of drug-likeness (QED) is 0.809. The lowest BCUT2D eigenvalue weighted by Gasteiger charge is -2.36. The van der Waals surface area contributed by atoms with Gasteiger partial charge in [0.25, 0.3) is 5.91 Å². The summed E-state index contributed by atoms with van der Waals surface area (Å²) in [7, 11) is -3.27. The number of hydrogen-bond donors (Lipinski definition) is 1. The Bertz CT molecular complexity index is 747. The summed E-state index contributed by atoms with van der Waals surface area (Å²) in [6, 6.07) is 1.14. The molecule has 1 aliphatic heterocycles. The molecule has 140 valence electrons. The van der Waals surface area contributed by atoms with Gasteiger partial charge in [-0.05, 0) is 12.8 Å². The second-order valence-corrected chi connectivity index (χ2v) is 8.03. The van der Waals surface area contributed by atoms with Crippen LogP contribution >= 0.6 is 0 Å². The van der Waals surface area contributed by atoms with Gasteiger partial charge < -0.3 is 14.4 Å². The molecule has 1 saturated heterocycles. The third-order valence-corrected chi connectivity index (χ3v) is 5.88. The Morgan fingerprint density at radius 2 is 1.92 bits per heavy atom. The minimum Gasteiger partial charge on any atom is -0.478 e. The van der Waals surface area contributed by atoms with Gasteiger partial charge in [-0.1, -0.05) is 13.8 Å². The van der Waals surface area contributed by atoms with Crippen LogP contribution in [0, 0.1) is 0 Å². The molecule has 8 nitrogen and oxygen atoms in total. The zero-order chi connectivity index (χ0) is 18.8. The van der Waals surface area contributed by atoms with Crippen LogP contribution in [0.15, 0.2) is 10.5 Å². The largest absolute Gasteiger partial charge is 0.478 e. The zero-order valence-corrected chi connectivity index (χ0v) is 15.5. The lowest BCUT2D eigenvalue weighted by Crippen LogP contribution is -2.48. The maximum Gasteiger partial charge on any atom is 0.339 e. The molecule has 25 heavy (non-hydrogen) atoms. The van der Waals surface area contributed by atoms with E-state index in [2.05, 4.69) is 0 Å². The van der Waals surface area contributed by atoms with Gasteiger partial charge in [0.05, 0.1) is 6.26 Å². The monoisotopic (exact) mass is 372 g/mol. The van der Waals surface area contributed by atoms with Crippen LogP contribution in [0.5, 0.6) is 0 Å². The first kappa shape index (κ1) is 19.5. The molecule has 0 unspecified atom stereocenters. The van der Waals surface area contributed by atoms with Gasteiger partial charge in [0, 0.05) is 38.2 Å². The summed E-state index contributed by atoms with van der Waals surface area (Å²) < 4.78 is 30.5. The summed E-state index contributed by atoms with van der Waals surface area (Å²) >= 11 is 0. The summed E-state index contributed by atoms with van der Waals surface area (Å²) in [5.41, 5.74) is 0.00923. The molecule has 0 spiro atoms. The van der Waals surface area contributed by atoms with Crippen LogP contribution in [0.3, 0.4) is 0 Å². The fourth-order valence-corrected chi connectivity index (χ4v) is 4.48. The molecule has 1 aromatic heterocycles. The van der Waals surface area contributed by atoms with Crippen LogP contribution in [0.1, 0.15) is 53.4 Å². The number of carbonyl (C=O) groups excluding carboxylic acids is 1. The molecule has 0 bridgehead atoms. The average molecular weight is 372 g/mol. The van der Waals surface area contributed by atoms with E-state index < -0.39 is 16.0 Å². The van der Waals surface area contributed by atoms with E-state index in [0.717, 1.165) is 0 Å². The van der Waals surface area contributed by atoms with Crippen LogP contribution in [0.4, 0.5) is 0 Å². The highest BCUT2D eigenvalue weighted by Gasteiger charge is 2.32. The van der Waals surface area contributed by atoms with Gasteiger partial charge in [0.2, 0.25) is 10.0 Å². The number of aryl methyl sites for hydroxylation is 1. The number of nitrogens with zero attached hydrogens (tertiary/aromatic N) is 2. The minimum atomic E-state index is -3.27. The number of rotatable bonds is 6. The zero-order valence-electron chi connectivity index (χ0n) is 14.7. The summed E-state index contributed by atoms with van der Waals surface area (Å²) in [5, 5.41) is 9.15. The van der Waals surface area contributed by atoms with Crippen molar-refractivity contribution >= 4 is 21.9 Å². The number of likely N-dealkylation sites (tertiary alicyclic amines) is 1. The highest BCUT2D eigenvalue weighted by Crippen LogP contribution is 2.23. The summed E-state index contributed by atoms with van der Waals surface area (Å²) in [4.78, 5) is 25.3. The van der Waals surface area contributed by atoms with E-state index in [1.54, 1.807) is 18.7 Å². The van der Waals surface area contributed by atoms with Crippen molar-refractivity contribution in [3.05, 3.63) is 23.2 Å². The molecular weight excluding hydrogens is 348 g/mol. The Morgan fingerprint density at radius 3 is 2.32 bits per heavy atom. The molecule has 1 amide bonds. The third-order valence-electron chi connectivity index (χ3n) is 4.47. The molecule has 1 fully saturated rings. The van der Waals surface area contributed by atoms with Gasteiger partial charge in [-0.25, -0.2) is 13.2 Å². The third kappa shape index (κ3) is 4.21. The molecule has 0 aromatic carbocycles. The standard InChI is InChI=1S/C16H24N2O6S/c1-4-13-12(16(20)21)10-14(24-13)15(19)17-8-6-11(7-9-17)18(5-2)25(3,22)23/h10-11H,4-9H2,1-3H3,(H,20,21). The van der Waals surface area contributed by atoms with Crippen molar-refractivity contribution in [3.63, 3.8) is 0 Å². The Balaban J connectivity index is 2.08. The molecule has 2 rings (SSSR count). The van der Waals surface area contributed by atoms with Crippen LogP contribution in [0.25, 0.3) is 0 Å². The van der Waals surface area contributed by atoms with Crippen LogP contribution < -0.4 is 0 Å². The molecule has 0 radical (unpaired) electrons. The van der Waals surface area contributed by atoms with E-state index in [1.165, 1.54) is 16.6 Å². The van der Waals surface area contributed by atoms with Crippen molar-refractivity contribution in [2.45, 2.75) is 39.2 Å². The average Bonchev–Trinajstić information content (AvgIpc) is 2.99. The Kier molecular flexibility index (Phi) is 5.89. The van der Waals surface area contributed by atoms with Crippen LogP contribution in [0.2, 0.25) is 0 Å². The lowest BCUT2D eigenvalue weighted by molar-refractivity contribution is 0.0645. The van der Waals surface area contributed by atoms with Gasteiger partial charge in [-0.3, -0.25) is 4.79 Å². The Morgan fingerprint density at radius 1 is 1.32 bits per heavy atom. The normalized spacial score (nSPS) is 16.4. The Hall–Kier alpha value is -1.87. The molecule has 1 N–H and O–H groups in total. The lowest BCUT2D eigenvalue weighted by atomic mass is 10.0. The van der Waals surface area contributed by atoms with Crippen LogP contribution in [-0.2, 0) is 16.4 Å². The van der Waals surface area contributed by atoms with E-state index in [-0.39, 0.29) is 29.0 Å². The molecule has 1 aliphatic rings. The molecule has 0 atom stereocenters. The van der Waals surface area contributed by atoms with Crippen molar-refractivity contribution in [2.24, 2.45) is 0 Å². The maximum absolute atomic E-state index is 12.6. The van der Waals surface area contributed by atoms with Gasteiger partial charge >= 0.3 is 5.97 Å². The number of amides is 1. The number of carboxylic acids is 1. The van der Waals surface area contributed by atoms with Gasteiger partial charge in [0.15, 0.2) is 5.76 Å². The molecule has 1 aromatic rings. The predicted molar refractivity (Wildman–Crippen MR) is 91.2 cm³/mol. The number of sulfonamides is 1. The number of carbonyl (C=O) groups is 2. The maximum atomic E-state index is 12.6. The first-order chi connectivity index (χ1) is 11.7. The van der Waals surface area contributed by atoms with E-state index in [9.17, 15) is 18.0 Å². The highest BCUT2D eigenvalue weighted by molar-refractivity contribution is 7.88. The first-order valence-electron chi connectivity index (χ1n) is 8.31. The van der Waals surface area contributed by atoms with Crippen LogP contribution in [-0.4, -0.2) is 66.5 Å². The number of piperidine rings is 1. The smallest absolute Gasteiger partial charge is 0.339 e. The molecule has 0 aliphatic carbocycles. The van der Waals surface area contributed by atoms with Gasteiger partial charge in [0.1, 0.15) is 11.3 Å². The Labute approximate surface area is 147 Å². The van der Waals surface area contributed by atoms with Gasteiger partial charge in [-0.15, -0.1) is 0 Å². The second-order valence-electron chi connectivity index (χ2n) is 6.10. The van der Waals surface area contributed by atoms with Crippen molar-refractivity contribution in [2.75, 3.05) is 25.9 Å². The topological polar surface area (TPSA) is 108 Å². The number of aromatic carboxylic acids is 1. The number of furan rings is 1. The molecule has 0 saturated carbocycles. The SMILES string of the molecule is CCc1oc(C(=O)N2CCC(N(CC)S(C)(=O)=O)CC2)cc1C(=O)O. The summed E-state index contributed by atoms with van der Waals surface area (Å²) in [5.74, 6) is -1.18. The molecular formula is C16H24N2O6S. The van der Waals surface area contributed by atoms with E-state index in [1.807, 2.05) is 0 Å². The number of carboxylic acid groups (broad SMARTS) is 1. The van der Waals surface area contributed by atoms with Crippen molar-refractivity contribution in [1.29, 1.82) is 0 Å². The van der Waals surface area contributed by atoms with E-state index in [0.29, 0.717) is 38.9 Å².